The minimum absolute atomic E-state index is 0.526. The maximum Gasteiger partial charge on any atom is 0.120 e. The van der Waals surface area contributed by atoms with Crippen molar-refractivity contribution in [1.29, 1.82) is 0 Å². The molecule has 0 saturated carbocycles. The van der Waals surface area contributed by atoms with Gasteiger partial charge in [0, 0.05) is 10.4 Å². The summed E-state index contributed by atoms with van der Waals surface area (Å²) in [6.07, 6.45) is 3.87. The number of ether oxygens (including phenoxy) is 1. The molecule has 1 aromatic rings. The maximum absolute atomic E-state index is 5.54. The van der Waals surface area contributed by atoms with Crippen molar-refractivity contribution in [3.05, 3.63) is 34.3 Å². The largest absolute Gasteiger partial charge is 0.497 e. The van der Waals surface area contributed by atoms with E-state index >= 15 is 0 Å². The van der Waals surface area contributed by atoms with Gasteiger partial charge in [-0.1, -0.05) is 34.1 Å². The van der Waals surface area contributed by atoms with Crippen LogP contribution in [-0.4, -0.2) is 13.0 Å². The normalized spacial score (nSPS) is 10.7. The number of hydrogen-bond acceptors (Lipinski definition) is 1. The Morgan fingerprint density at radius 3 is 2.85 bits per heavy atom. The lowest BCUT2D eigenvalue weighted by Crippen LogP contribution is -1.83. The maximum atomic E-state index is 5.54. The molecule has 0 N–H and O–H groups in total. The molecule has 1 nitrogen and oxygen atoms in total. The fourth-order valence-electron chi connectivity index (χ4n) is 0.942. The molecule has 0 spiro atoms. The first kappa shape index (κ1) is 10.6. The summed E-state index contributed by atoms with van der Waals surface area (Å²) < 4.78 is 6.08. The number of alkyl halides is 1. The molecule has 0 aliphatic heterocycles. The molecule has 0 unspecified atom stereocenters. The predicted molar refractivity (Wildman–Crippen MR) is 60.4 cm³/mol. The molecule has 70 valence electrons. The van der Waals surface area contributed by atoms with Gasteiger partial charge in [0.2, 0.25) is 0 Å². The number of halogens is 2. The molecule has 1 rings (SSSR count). The molecule has 0 fully saturated rings. The van der Waals surface area contributed by atoms with E-state index < -0.39 is 0 Å². The van der Waals surface area contributed by atoms with Crippen LogP contribution in [0.15, 0.2) is 28.7 Å². The fourth-order valence-corrected chi connectivity index (χ4v) is 1.52. The van der Waals surface area contributed by atoms with Gasteiger partial charge in [0.05, 0.1) is 7.11 Å². The highest BCUT2D eigenvalue weighted by molar-refractivity contribution is 9.10. The van der Waals surface area contributed by atoms with E-state index in [9.17, 15) is 0 Å². The van der Waals surface area contributed by atoms with Crippen LogP contribution in [0.25, 0.3) is 6.08 Å². The van der Waals surface area contributed by atoms with Crippen LogP contribution in [-0.2, 0) is 0 Å². The molecule has 0 saturated heterocycles. The number of hydrogen-bond donors (Lipinski definition) is 0. The minimum Gasteiger partial charge on any atom is -0.497 e. The van der Waals surface area contributed by atoms with Gasteiger partial charge in [-0.3, -0.25) is 0 Å². The summed E-state index contributed by atoms with van der Waals surface area (Å²) in [5, 5.41) is 0. The average Bonchev–Trinajstić information content (AvgIpc) is 2.16. The zero-order valence-electron chi connectivity index (χ0n) is 7.26. The van der Waals surface area contributed by atoms with Gasteiger partial charge < -0.3 is 4.74 Å². The Hall–Kier alpha value is -0.470. The van der Waals surface area contributed by atoms with E-state index in [-0.39, 0.29) is 0 Å². The first-order chi connectivity index (χ1) is 6.27. The zero-order chi connectivity index (χ0) is 9.68. The lowest BCUT2D eigenvalue weighted by atomic mass is 10.2. The van der Waals surface area contributed by atoms with Crippen molar-refractivity contribution in [1.82, 2.24) is 0 Å². The highest BCUT2D eigenvalue weighted by Gasteiger charge is 1.97. The number of benzene rings is 1. The molecular weight excluding hydrogens is 251 g/mol. The van der Waals surface area contributed by atoms with E-state index in [1.54, 1.807) is 7.11 Å². The third-order valence-corrected chi connectivity index (χ3v) is 2.46. The Labute approximate surface area is 91.5 Å². The van der Waals surface area contributed by atoms with Crippen LogP contribution in [0.3, 0.4) is 0 Å². The molecule has 0 aromatic heterocycles. The number of methoxy groups -OCH3 is 1. The third-order valence-electron chi connectivity index (χ3n) is 1.59. The molecule has 0 bridgehead atoms. The van der Waals surface area contributed by atoms with Crippen molar-refractivity contribution in [3.8, 4) is 5.75 Å². The number of allylic oxidation sites excluding steroid dienone is 1. The Morgan fingerprint density at radius 2 is 2.31 bits per heavy atom. The van der Waals surface area contributed by atoms with E-state index in [1.807, 2.05) is 30.4 Å². The third kappa shape index (κ3) is 3.05. The summed E-state index contributed by atoms with van der Waals surface area (Å²) in [6.45, 7) is 0. The fraction of sp³-hybridized carbons (Fsp3) is 0.200. The molecular formula is C10H10BrClO. The summed E-state index contributed by atoms with van der Waals surface area (Å²) >= 11 is 8.98. The van der Waals surface area contributed by atoms with E-state index in [0.29, 0.717) is 5.88 Å². The summed E-state index contributed by atoms with van der Waals surface area (Å²) in [6, 6.07) is 5.82. The van der Waals surface area contributed by atoms with Crippen LogP contribution < -0.4 is 4.74 Å². The van der Waals surface area contributed by atoms with Gasteiger partial charge in [0.15, 0.2) is 0 Å². The van der Waals surface area contributed by atoms with E-state index in [2.05, 4.69) is 15.9 Å². The molecule has 1 aromatic carbocycles. The second-order valence-electron chi connectivity index (χ2n) is 2.44. The Balaban J connectivity index is 2.91. The van der Waals surface area contributed by atoms with Crippen LogP contribution in [0.5, 0.6) is 5.75 Å². The van der Waals surface area contributed by atoms with Crippen LogP contribution in [0.1, 0.15) is 5.56 Å². The molecule has 13 heavy (non-hydrogen) atoms. The zero-order valence-corrected chi connectivity index (χ0v) is 9.60. The molecule has 0 aliphatic carbocycles. The lowest BCUT2D eigenvalue weighted by Gasteiger charge is -2.02. The molecule has 0 amide bonds. The van der Waals surface area contributed by atoms with Gasteiger partial charge in [-0.2, -0.15) is 0 Å². The summed E-state index contributed by atoms with van der Waals surface area (Å²) in [4.78, 5) is 0. The molecule has 0 radical (unpaired) electrons. The molecule has 0 aliphatic rings. The second-order valence-corrected chi connectivity index (χ2v) is 3.61. The van der Waals surface area contributed by atoms with E-state index in [4.69, 9.17) is 16.3 Å². The van der Waals surface area contributed by atoms with Gasteiger partial charge in [-0.05, 0) is 17.7 Å². The topological polar surface area (TPSA) is 9.23 Å². The summed E-state index contributed by atoms with van der Waals surface area (Å²) in [5.41, 5.74) is 1.10. The van der Waals surface area contributed by atoms with Gasteiger partial charge in [0.25, 0.3) is 0 Å². The molecule has 3 heteroatoms. The van der Waals surface area contributed by atoms with Gasteiger partial charge in [-0.15, -0.1) is 11.6 Å². The van der Waals surface area contributed by atoms with Crippen LogP contribution in [0.4, 0.5) is 0 Å². The minimum atomic E-state index is 0.526. The summed E-state index contributed by atoms with van der Waals surface area (Å²) in [5.74, 6) is 1.37. The highest BCUT2D eigenvalue weighted by atomic mass is 79.9. The highest BCUT2D eigenvalue weighted by Crippen LogP contribution is 2.23. The van der Waals surface area contributed by atoms with Crippen LogP contribution in [0.2, 0.25) is 0 Å². The first-order valence-electron chi connectivity index (χ1n) is 3.84. The molecule has 0 atom stereocenters. The lowest BCUT2D eigenvalue weighted by molar-refractivity contribution is 0.414. The van der Waals surface area contributed by atoms with E-state index in [1.165, 1.54) is 0 Å². The van der Waals surface area contributed by atoms with Crippen LogP contribution >= 0.6 is 27.5 Å². The van der Waals surface area contributed by atoms with Crippen molar-refractivity contribution in [3.63, 3.8) is 0 Å². The van der Waals surface area contributed by atoms with Crippen LogP contribution in [0, 0.1) is 0 Å². The second kappa shape index (κ2) is 5.30. The SMILES string of the molecule is COc1ccc(C=CCCl)c(Br)c1. The Kier molecular flexibility index (Phi) is 4.33. The predicted octanol–water partition coefficient (Wildman–Crippen LogP) is 3.71. The Morgan fingerprint density at radius 1 is 1.54 bits per heavy atom. The van der Waals surface area contributed by atoms with Crippen molar-refractivity contribution in [2.24, 2.45) is 0 Å². The van der Waals surface area contributed by atoms with Gasteiger partial charge in [0.1, 0.15) is 5.75 Å². The first-order valence-corrected chi connectivity index (χ1v) is 5.16. The molecule has 0 heterocycles. The number of rotatable bonds is 3. The van der Waals surface area contributed by atoms with Crippen molar-refractivity contribution >= 4 is 33.6 Å². The van der Waals surface area contributed by atoms with Gasteiger partial charge >= 0.3 is 0 Å². The standard InChI is InChI=1S/C10H10BrClO/c1-13-9-5-4-8(3-2-6-12)10(11)7-9/h2-5,7H,6H2,1H3. The van der Waals surface area contributed by atoms with E-state index in [0.717, 1.165) is 15.8 Å². The van der Waals surface area contributed by atoms with Crippen molar-refractivity contribution in [2.45, 2.75) is 0 Å². The van der Waals surface area contributed by atoms with Crippen molar-refractivity contribution < 1.29 is 4.74 Å². The summed E-state index contributed by atoms with van der Waals surface area (Å²) in [7, 11) is 1.65. The Bertz CT molecular complexity index is 310. The monoisotopic (exact) mass is 260 g/mol. The average molecular weight is 262 g/mol. The smallest absolute Gasteiger partial charge is 0.120 e. The van der Waals surface area contributed by atoms with Gasteiger partial charge in [-0.25, -0.2) is 0 Å². The quantitative estimate of drug-likeness (QED) is 0.754. The van der Waals surface area contributed by atoms with Crippen molar-refractivity contribution in [2.75, 3.05) is 13.0 Å².